The SMILES string of the molecule is Cn1c(-c2c(N)n[nH]c2-c2ccccc2)nc2ccccc21. The molecule has 0 saturated carbocycles. The van der Waals surface area contributed by atoms with Gasteiger partial charge in [0.25, 0.3) is 0 Å². The van der Waals surface area contributed by atoms with Gasteiger partial charge in [-0.05, 0) is 12.1 Å². The number of benzene rings is 2. The molecule has 0 atom stereocenters. The van der Waals surface area contributed by atoms with Gasteiger partial charge in [-0.15, -0.1) is 0 Å². The lowest BCUT2D eigenvalue weighted by Gasteiger charge is -2.05. The number of aromatic amines is 1. The number of para-hydroxylation sites is 2. The average Bonchev–Trinajstić information content (AvgIpc) is 3.09. The first kappa shape index (κ1) is 12.6. The van der Waals surface area contributed by atoms with E-state index in [9.17, 15) is 0 Å². The summed E-state index contributed by atoms with van der Waals surface area (Å²) in [5, 5.41) is 7.21. The van der Waals surface area contributed by atoms with Gasteiger partial charge in [0.15, 0.2) is 5.82 Å². The summed E-state index contributed by atoms with van der Waals surface area (Å²) in [7, 11) is 1.99. The summed E-state index contributed by atoms with van der Waals surface area (Å²) in [4.78, 5) is 4.72. The fraction of sp³-hybridized carbons (Fsp3) is 0.0588. The smallest absolute Gasteiger partial charge is 0.156 e. The Bertz CT molecular complexity index is 950. The van der Waals surface area contributed by atoms with Crippen molar-refractivity contribution in [2.75, 3.05) is 5.73 Å². The Morgan fingerprint density at radius 3 is 2.50 bits per heavy atom. The fourth-order valence-corrected chi connectivity index (χ4v) is 2.77. The highest BCUT2D eigenvalue weighted by Crippen LogP contribution is 2.35. The Morgan fingerprint density at radius 2 is 1.73 bits per heavy atom. The van der Waals surface area contributed by atoms with E-state index < -0.39 is 0 Å². The molecule has 0 saturated heterocycles. The zero-order valence-corrected chi connectivity index (χ0v) is 12.1. The lowest BCUT2D eigenvalue weighted by molar-refractivity contribution is 0.960. The van der Waals surface area contributed by atoms with E-state index in [1.165, 1.54) is 0 Å². The van der Waals surface area contributed by atoms with Crippen LogP contribution in [0.25, 0.3) is 33.7 Å². The summed E-state index contributed by atoms with van der Waals surface area (Å²) in [5.41, 5.74) is 10.9. The van der Waals surface area contributed by atoms with Crippen LogP contribution in [0, 0.1) is 0 Å². The molecule has 0 spiro atoms. The van der Waals surface area contributed by atoms with Gasteiger partial charge in [0.2, 0.25) is 0 Å². The Hall–Kier alpha value is -3.08. The lowest BCUT2D eigenvalue weighted by atomic mass is 10.1. The molecule has 0 unspecified atom stereocenters. The van der Waals surface area contributed by atoms with Gasteiger partial charge in [-0.25, -0.2) is 4.98 Å². The van der Waals surface area contributed by atoms with Crippen molar-refractivity contribution in [1.82, 2.24) is 19.7 Å². The summed E-state index contributed by atoms with van der Waals surface area (Å²) in [6.07, 6.45) is 0. The highest BCUT2D eigenvalue weighted by molar-refractivity contribution is 5.89. The molecule has 0 aliphatic heterocycles. The first-order valence-corrected chi connectivity index (χ1v) is 7.07. The van der Waals surface area contributed by atoms with Gasteiger partial charge < -0.3 is 10.3 Å². The Morgan fingerprint density at radius 1 is 1.00 bits per heavy atom. The molecule has 2 heterocycles. The van der Waals surface area contributed by atoms with Crippen LogP contribution in [0.5, 0.6) is 0 Å². The van der Waals surface area contributed by atoms with Crippen LogP contribution in [0.4, 0.5) is 5.82 Å². The molecule has 5 nitrogen and oxygen atoms in total. The monoisotopic (exact) mass is 289 g/mol. The van der Waals surface area contributed by atoms with Crippen molar-refractivity contribution in [3.63, 3.8) is 0 Å². The molecule has 0 aliphatic rings. The standard InChI is InChI=1S/C17H15N5/c1-22-13-10-6-5-9-12(13)19-17(22)14-15(20-21-16(14)18)11-7-3-2-4-8-11/h2-10H,1H3,(H3,18,20,21). The minimum absolute atomic E-state index is 0.456. The first-order valence-electron chi connectivity index (χ1n) is 7.07. The van der Waals surface area contributed by atoms with E-state index in [-0.39, 0.29) is 0 Å². The maximum Gasteiger partial charge on any atom is 0.156 e. The average molecular weight is 289 g/mol. The molecule has 0 fully saturated rings. The number of fused-ring (bicyclic) bond motifs is 1. The molecule has 0 bridgehead atoms. The molecule has 22 heavy (non-hydrogen) atoms. The van der Waals surface area contributed by atoms with Crippen LogP contribution in [0.1, 0.15) is 0 Å². The first-order chi connectivity index (χ1) is 10.8. The van der Waals surface area contributed by atoms with Crippen LogP contribution >= 0.6 is 0 Å². The number of aryl methyl sites for hydroxylation is 1. The van der Waals surface area contributed by atoms with Gasteiger partial charge in [0, 0.05) is 12.6 Å². The van der Waals surface area contributed by atoms with E-state index in [1.54, 1.807) is 0 Å². The third kappa shape index (κ3) is 1.79. The third-order valence-electron chi connectivity index (χ3n) is 3.87. The number of anilines is 1. The second-order valence-corrected chi connectivity index (χ2v) is 5.21. The molecule has 0 aliphatic carbocycles. The number of nitrogens with one attached hydrogen (secondary N) is 1. The minimum Gasteiger partial charge on any atom is -0.382 e. The van der Waals surface area contributed by atoms with Crippen molar-refractivity contribution in [1.29, 1.82) is 0 Å². The summed E-state index contributed by atoms with van der Waals surface area (Å²) in [6.45, 7) is 0. The van der Waals surface area contributed by atoms with Gasteiger partial charge in [-0.3, -0.25) is 5.10 Å². The van der Waals surface area contributed by atoms with Crippen molar-refractivity contribution in [3.05, 3.63) is 54.6 Å². The second kappa shape index (κ2) is 4.73. The molecule has 0 amide bonds. The maximum atomic E-state index is 6.11. The normalized spacial score (nSPS) is 11.1. The zero-order valence-electron chi connectivity index (χ0n) is 12.1. The summed E-state index contributed by atoms with van der Waals surface area (Å²) < 4.78 is 2.04. The molecular formula is C17H15N5. The van der Waals surface area contributed by atoms with Crippen LogP contribution in [-0.2, 0) is 7.05 Å². The van der Waals surface area contributed by atoms with Crippen molar-refractivity contribution in [2.24, 2.45) is 7.05 Å². The van der Waals surface area contributed by atoms with E-state index >= 15 is 0 Å². The van der Waals surface area contributed by atoms with Crippen LogP contribution in [0.15, 0.2) is 54.6 Å². The minimum atomic E-state index is 0.456. The van der Waals surface area contributed by atoms with E-state index in [2.05, 4.69) is 10.2 Å². The van der Waals surface area contributed by atoms with Crippen molar-refractivity contribution >= 4 is 16.9 Å². The van der Waals surface area contributed by atoms with Gasteiger partial charge in [-0.2, -0.15) is 5.10 Å². The number of rotatable bonds is 2. The molecule has 108 valence electrons. The van der Waals surface area contributed by atoms with Crippen molar-refractivity contribution < 1.29 is 0 Å². The topological polar surface area (TPSA) is 72.5 Å². The Labute approximate surface area is 127 Å². The van der Waals surface area contributed by atoms with E-state index in [4.69, 9.17) is 10.7 Å². The quantitative estimate of drug-likeness (QED) is 0.595. The molecular weight excluding hydrogens is 274 g/mol. The van der Waals surface area contributed by atoms with Crippen LogP contribution in [0.3, 0.4) is 0 Å². The molecule has 2 aromatic carbocycles. The molecule has 3 N–H and O–H groups in total. The molecule has 5 heteroatoms. The van der Waals surface area contributed by atoms with Crippen LogP contribution in [-0.4, -0.2) is 19.7 Å². The predicted molar refractivity (Wildman–Crippen MR) is 88.1 cm³/mol. The largest absolute Gasteiger partial charge is 0.382 e. The number of nitrogens with zero attached hydrogens (tertiary/aromatic N) is 3. The number of nitrogens with two attached hydrogens (primary N) is 1. The van der Waals surface area contributed by atoms with Crippen LogP contribution < -0.4 is 5.73 Å². The number of aromatic nitrogens is 4. The number of hydrogen-bond acceptors (Lipinski definition) is 3. The zero-order chi connectivity index (χ0) is 15.1. The molecule has 0 radical (unpaired) electrons. The lowest BCUT2D eigenvalue weighted by Crippen LogP contribution is -1.96. The summed E-state index contributed by atoms with van der Waals surface area (Å²) in [6, 6.07) is 18.1. The van der Waals surface area contributed by atoms with E-state index in [0.29, 0.717) is 5.82 Å². The fourth-order valence-electron chi connectivity index (χ4n) is 2.77. The molecule has 4 aromatic rings. The maximum absolute atomic E-state index is 6.11. The Kier molecular flexibility index (Phi) is 2.72. The van der Waals surface area contributed by atoms with Gasteiger partial charge in [0.05, 0.1) is 22.3 Å². The Balaban J connectivity index is 2.00. The number of imidazole rings is 1. The van der Waals surface area contributed by atoms with E-state index in [1.807, 2.05) is 66.2 Å². The van der Waals surface area contributed by atoms with Gasteiger partial charge in [0.1, 0.15) is 5.82 Å². The second-order valence-electron chi connectivity index (χ2n) is 5.21. The predicted octanol–water partition coefficient (Wildman–Crippen LogP) is 3.21. The van der Waals surface area contributed by atoms with E-state index in [0.717, 1.165) is 33.7 Å². The van der Waals surface area contributed by atoms with Gasteiger partial charge in [-0.1, -0.05) is 42.5 Å². The molecule has 4 rings (SSSR count). The summed E-state index contributed by atoms with van der Waals surface area (Å²) >= 11 is 0. The van der Waals surface area contributed by atoms with Crippen molar-refractivity contribution in [3.8, 4) is 22.6 Å². The summed E-state index contributed by atoms with van der Waals surface area (Å²) in [5.74, 6) is 1.27. The number of nitrogen functional groups attached to an aromatic ring is 1. The highest BCUT2D eigenvalue weighted by Gasteiger charge is 2.19. The van der Waals surface area contributed by atoms with Gasteiger partial charge >= 0.3 is 0 Å². The van der Waals surface area contributed by atoms with Crippen molar-refractivity contribution in [2.45, 2.75) is 0 Å². The highest BCUT2D eigenvalue weighted by atomic mass is 15.2. The van der Waals surface area contributed by atoms with Crippen LogP contribution in [0.2, 0.25) is 0 Å². The molecule has 2 aromatic heterocycles. The number of H-pyrrole nitrogens is 1. The number of hydrogen-bond donors (Lipinski definition) is 2. The third-order valence-corrected chi connectivity index (χ3v) is 3.87.